The summed E-state index contributed by atoms with van der Waals surface area (Å²) < 4.78 is 40.0. The predicted octanol–water partition coefficient (Wildman–Crippen LogP) is 1.84. The van der Waals surface area contributed by atoms with E-state index in [4.69, 9.17) is 0 Å². The van der Waals surface area contributed by atoms with E-state index in [1.807, 2.05) is 6.92 Å². The highest BCUT2D eigenvalue weighted by molar-refractivity contribution is 7.92. The van der Waals surface area contributed by atoms with Crippen LogP contribution in [0.4, 0.5) is 10.1 Å². The molecule has 1 saturated carbocycles. The fourth-order valence-corrected chi connectivity index (χ4v) is 3.10. The first kappa shape index (κ1) is 18.5. The van der Waals surface area contributed by atoms with Crippen molar-refractivity contribution in [1.82, 2.24) is 10.6 Å². The lowest BCUT2D eigenvalue weighted by atomic mass is 10.2. The van der Waals surface area contributed by atoms with Gasteiger partial charge in [0.05, 0.1) is 18.0 Å². The molecule has 0 aromatic heterocycles. The van der Waals surface area contributed by atoms with E-state index in [1.165, 1.54) is 12.1 Å². The molecular weight excluding hydrogens is 331 g/mol. The van der Waals surface area contributed by atoms with Crippen LogP contribution in [0.2, 0.25) is 0 Å². The van der Waals surface area contributed by atoms with Crippen LogP contribution in [0.15, 0.2) is 23.2 Å². The molecule has 24 heavy (non-hydrogen) atoms. The van der Waals surface area contributed by atoms with Gasteiger partial charge in [-0.1, -0.05) is 13.0 Å². The summed E-state index contributed by atoms with van der Waals surface area (Å²) in [6, 6.07) is 4.67. The maximum Gasteiger partial charge on any atom is 0.234 e. The molecule has 6 nitrogen and oxygen atoms in total. The monoisotopic (exact) mass is 356 g/mol. The van der Waals surface area contributed by atoms with Crippen molar-refractivity contribution in [2.24, 2.45) is 10.9 Å². The van der Waals surface area contributed by atoms with Gasteiger partial charge in [0, 0.05) is 12.6 Å². The molecule has 1 aliphatic rings. The quantitative estimate of drug-likeness (QED) is 0.514. The molecule has 1 aromatic rings. The van der Waals surface area contributed by atoms with Gasteiger partial charge in [-0.3, -0.25) is 9.71 Å². The Morgan fingerprint density at radius 1 is 1.42 bits per heavy atom. The molecule has 1 aliphatic carbocycles. The molecule has 0 aliphatic heterocycles. The third-order valence-electron chi connectivity index (χ3n) is 3.85. The molecule has 0 saturated heterocycles. The van der Waals surface area contributed by atoms with Gasteiger partial charge >= 0.3 is 0 Å². The van der Waals surface area contributed by atoms with Crippen LogP contribution < -0.4 is 15.4 Å². The summed E-state index contributed by atoms with van der Waals surface area (Å²) in [6.45, 7) is 6.56. The number of sulfonamides is 1. The largest absolute Gasteiger partial charge is 0.357 e. The zero-order chi connectivity index (χ0) is 17.7. The fourth-order valence-electron chi connectivity index (χ4n) is 2.18. The maximum atomic E-state index is 13.5. The summed E-state index contributed by atoms with van der Waals surface area (Å²) in [5, 5.41) is 6.36. The Kier molecular flexibility index (Phi) is 6.04. The molecule has 3 N–H and O–H groups in total. The smallest absolute Gasteiger partial charge is 0.234 e. The predicted molar refractivity (Wildman–Crippen MR) is 95.2 cm³/mol. The van der Waals surface area contributed by atoms with E-state index in [0.29, 0.717) is 30.0 Å². The minimum absolute atomic E-state index is 0.125. The van der Waals surface area contributed by atoms with Gasteiger partial charge < -0.3 is 10.6 Å². The number of nitrogens with one attached hydrogen (secondary N) is 3. The molecule has 0 amide bonds. The summed E-state index contributed by atoms with van der Waals surface area (Å²) >= 11 is 0. The Bertz CT molecular complexity index is 706. The number of benzene rings is 1. The third kappa shape index (κ3) is 5.67. The second kappa shape index (κ2) is 7.83. The molecule has 0 heterocycles. The summed E-state index contributed by atoms with van der Waals surface area (Å²) in [7, 11) is -3.58. The van der Waals surface area contributed by atoms with Crippen molar-refractivity contribution in [3.63, 3.8) is 0 Å². The molecule has 2 atom stereocenters. The molecule has 0 bridgehead atoms. The molecule has 1 aromatic carbocycles. The van der Waals surface area contributed by atoms with E-state index in [-0.39, 0.29) is 18.0 Å². The van der Waals surface area contributed by atoms with Crippen molar-refractivity contribution in [3.05, 3.63) is 29.6 Å². The second-order valence-electron chi connectivity index (χ2n) is 6.11. The summed E-state index contributed by atoms with van der Waals surface area (Å²) in [5.74, 6) is 0.642. The zero-order valence-electron chi connectivity index (χ0n) is 14.3. The van der Waals surface area contributed by atoms with Gasteiger partial charge in [0.2, 0.25) is 10.0 Å². The van der Waals surface area contributed by atoms with Gasteiger partial charge in [-0.15, -0.1) is 0 Å². The first-order valence-electron chi connectivity index (χ1n) is 8.12. The molecule has 0 spiro atoms. The van der Waals surface area contributed by atoms with Crippen LogP contribution in [0, 0.1) is 18.7 Å². The number of anilines is 1. The Hall–Kier alpha value is -1.83. The van der Waals surface area contributed by atoms with Crippen LogP contribution in [0.5, 0.6) is 0 Å². The van der Waals surface area contributed by atoms with Crippen LogP contribution in [0.3, 0.4) is 0 Å². The van der Waals surface area contributed by atoms with Gasteiger partial charge in [0.15, 0.2) is 5.96 Å². The molecule has 0 radical (unpaired) electrons. The topological polar surface area (TPSA) is 82.6 Å². The summed E-state index contributed by atoms with van der Waals surface area (Å²) in [4.78, 5) is 4.29. The highest BCUT2D eigenvalue weighted by Gasteiger charge is 2.33. The van der Waals surface area contributed by atoms with E-state index in [2.05, 4.69) is 27.3 Å². The standard InChI is InChI=1S/C16H25FN4O2S/c1-4-18-16(20-15-9-12(15)3)19-7-8-24(22,23)21-13-6-5-11(2)14(17)10-13/h5-6,10,12,15,21H,4,7-9H2,1-3H3,(H2,18,19,20). The Morgan fingerprint density at radius 3 is 2.71 bits per heavy atom. The minimum Gasteiger partial charge on any atom is -0.357 e. The van der Waals surface area contributed by atoms with Crippen LogP contribution >= 0.6 is 0 Å². The van der Waals surface area contributed by atoms with E-state index < -0.39 is 15.8 Å². The Balaban J connectivity index is 1.90. The van der Waals surface area contributed by atoms with Crippen LogP contribution in [-0.4, -0.2) is 39.3 Å². The Labute approximate surface area is 143 Å². The van der Waals surface area contributed by atoms with Crippen molar-refractivity contribution in [2.45, 2.75) is 33.2 Å². The number of halogens is 1. The first-order chi connectivity index (χ1) is 11.3. The van der Waals surface area contributed by atoms with Crippen molar-refractivity contribution in [1.29, 1.82) is 0 Å². The SMILES string of the molecule is CCNC(=NCCS(=O)(=O)Nc1ccc(C)c(F)c1)NC1CC1C. The van der Waals surface area contributed by atoms with E-state index in [1.54, 1.807) is 13.0 Å². The van der Waals surface area contributed by atoms with Crippen LogP contribution in [0.1, 0.15) is 25.8 Å². The van der Waals surface area contributed by atoms with Crippen LogP contribution in [-0.2, 0) is 10.0 Å². The lowest BCUT2D eigenvalue weighted by Crippen LogP contribution is -2.39. The zero-order valence-corrected chi connectivity index (χ0v) is 15.1. The number of nitrogens with zero attached hydrogens (tertiary/aromatic N) is 1. The van der Waals surface area contributed by atoms with Crippen LogP contribution in [0.25, 0.3) is 0 Å². The van der Waals surface area contributed by atoms with Gasteiger partial charge in [-0.2, -0.15) is 0 Å². The van der Waals surface area contributed by atoms with Gasteiger partial charge in [-0.05, 0) is 43.9 Å². The highest BCUT2D eigenvalue weighted by Crippen LogP contribution is 2.28. The number of aliphatic imine (C=N–C) groups is 1. The van der Waals surface area contributed by atoms with Crippen molar-refractivity contribution in [2.75, 3.05) is 23.6 Å². The minimum atomic E-state index is -3.58. The maximum absolute atomic E-state index is 13.5. The normalized spacial score (nSPS) is 20.6. The number of guanidine groups is 1. The molecular formula is C16H25FN4O2S. The molecule has 8 heteroatoms. The average Bonchev–Trinajstić information content (AvgIpc) is 3.18. The van der Waals surface area contributed by atoms with Gasteiger partial charge in [0.1, 0.15) is 5.82 Å². The number of aryl methyl sites for hydroxylation is 1. The number of rotatable bonds is 7. The third-order valence-corrected chi connectivity index (χ3v) is 5.12. The molecule has 1 fully saturated rings. The van der Waals surface area contributed by atoms with E-state index in [0.717, 1.165) is 6.42 Å². The summed E-state index contributed by atoms with van der Waals surface area (Å²) in [5.41, 5.74) is 0.692. The highest BCUT2D eigenvalue weighted by atomic mass is 32.2. The van der Waals surface area contributed by atoms with Gasteiger partial charge in [-0.25, -0.2) is 12.8 Å². The number of hydrogen-bond donors (Lipinski definition) is 3. The fraction of sp³-hybridized carbons (Fsp3) is 0.562. The average molecular weight is 356 g/mol. The second-order valence-corrected chi connectivity index (χ2v) is 7.95. The Morgan fingerprint density at radius 2 is 2.12 bits per heavy atom. The van der Waals surface area contributed by atoms with E-state index in [9.17, 15) is 12.8 Å². The molecule has 2 rings (SSSR count). The molecule has 2 unspecified atom stereocenters. The van der Waals surface area contributed by atoms with Crippen molar-refractivity contribution < 1.29 is 12.8 Å². The van der Waals surface area contributed by atoms with Crippen molar-refractivity contribution in [3.8, 4) is 0 Å². The molecule has 134 valence electrons. The first-order valence-corrected chi connectivity index (χ1v) is 9.77. The lowest BCUT2D eigenvalue weighted by Gasteiger charge is -2.11. The van der Waals surface area contributed by atoms with Gasteiger partial charge in [0.25, 0.3) is 0 Å². The van der Waals surface area contributed by atoms with E-state index >= 15 is 0 Å². The lowest BCUT2D eigenvalue weighted by molar-refractivity contribution is 0.600. The number of hydrogen-bond acceptors (Lipinski definition) is 3. The van der Waals surface area contributed by atoms with Crippen molar-refractivity contribution >= 4 is 21.7 Å². The summed E-state index contributed by atoms with van der Waals surface area (Å²) in [6.07, 6.45) is 1.10.